The summed E-state index contributed by atoms with van der Waals surface area (Å²) in [5.74, 6) is 1.10. The number of nitrogens with zero attached hydrogens (tertiary/aromatic N) is 2. The Bertz CT molecular complexity index is 661. The molecule has 0 bridgehead atoms. The molecule has 1 aromatic heterocycles. The van der Waals surface area contributed by atoms with Crippen LogP contribution in [0.15, 0.2) is 30.5 Å². The molecule has 6 nitrogen and oxygen atoms in total. The van der Waals surface area contributed by atoms with Crippen LogP contribution in [0.25, 0.3) is 0 Å². The third kappa shape index (κ3) is 2.97. The number of aromatic nitrogens is 1. The fourth-order valence-corrected chi connectivity index (χ4v) is 1.72. The highest BCUT2D eigenvalue weighted by Crippen LogP contribution is 2.36. The van der Waals surface area contributed by atoms with E-state index in [2.05, 4.69) is 4.98 Å². The Hall–Kier alpha value is -2.34. The average molecular weight is 295 g/mol. The van der Waals surface area contributed by atoms with E-state index in [1.165, 1.54) is 31.4 Å². The van der Waals surface area contributed by atoms with Gasteiger partial charge in [0.15, 0.2) is 11.5 Å². The van der Waals surface area contributed by atoms with Gasteiger partial charge >= 0.3 is 0 Å². The van der Waals surface area contributed by atoms with Crippen molar-refractivity contribution in [2.24, 2.45) is 0 Å². The first-order chi connectivity index (χ1) is 9.51. The molecule has 0 saturated heterocycles. The molecular weight excluding hydrogens is 284 g/mol. The Labute approximate surface area is 120 Å². The molecule has 0 atom stereocenters. The largest absolute Gasteiger partial charge is 0.493 e. The van der Waals surface area contributed by atoms with Crippen LogP contribution in [0, 0.1) is 17.0 Å². The van der Waals surface area contributed by atoms with Gasteiger partial charge in [-0.15, -0.1) is 0 Å². The van der Waals surface area contributed by atoms with Crippen LogP contribution in [0.3, 0.4) is 0 Å². The number of ether oxygens (including phenoxy) is 2. The Morgan fingerprint density at radius 2 is 2.00 bits per heavy atom. The van der Waals surface area contributed by atoms with E-state index in [0.717, 1.165) is 5.56 Å². The quantitative estimate of drug-likeness (QED) is 0.487. The summed E-state index contributed by atoms with van der Waals surface area (Å²) in [6.07, 6.45) is 1.56. The lowest BCUT2D eigenvalue weighted by molar-refractivity contribution is -0.384. The van der Waals surface area contributed by atoms with E-state index in [-0.39, 0.29) is 16.6 Å². The third-order valence-electron chi connectivity index (χ3n) is 2.60. The molecule has 2 aromatic rings. The van der Waals surface area contributed by atoms with Crippen molar-refractivity contribution >= 4 is 17.3 Å². The number of rotatable bonds is 4. The number of hydrogen-bond acceptors (Lipinski definition) is 5. The van der Waals surface area contributed by atoms with Crippen molar-refractivity contribution in [1.29, 1.82) is 0 Å². The molecule has 0 saturated carbocycles. The molecule has 104 valence electrons. The van der Waals surface area contributed by atoms with E-state index in [1.54, 1.807) is 13.1 Å². The lowest BCUT2D eigenvalue weighted by Gasteiger charge is -2.11. The highest BCUT2D eigenvalue weighted by atomic mass is 35.5. The van der Waals surface area contributed by atoms with Crippen molar-refractivity contribution in [3.05, 3.63) is 51.3 Å². The molecule has 0 N–H and O–H groups in total. The van der Waals surface area contributed by atoms with E-state index < -0.39 is 4.92 Å². The fourth-order valence-electron chi connectivity index (χ4n) is 1.57. The first-order valence-electron chi connectivity index (χ1n) is 5.63. The van der Waals surface area contributed by atoms with Crippen LogP contribution in [0.2, 0.25) is 5.15 Å². The van der Waals surface area contributed by atoms with Crippen LogP contribution < -0.4 is 9.47 Å². The van der Waals surface area contributed by atoms with Gasteiger partial charge in [-0.2, -0.15) is 0 Å². The number of hydrogen-bond donors (Lipinski definition) is 0. The number of benzene rings is 1. The Morgan fingerprint density at radius 3 is 2.65 bits per heavy atom. The Balaban J connectivity index is 2.43. The second-order valence-corrected chi connectivity index (χ2v) is 4.35. The molecule has 1 aromatic carbocycles. The maximum atomic E-state index is 10.8. The SMILES string of the molecule is COc1ccc([N+](=O)[O-])cc1Oc1cc(Cl)ncc1C. The topological polar surface area (TPSA) is 74.5 Å². The normalized spacial score (nSPS) is 10.2. The number of methoxy groups -OCH3 is 1. The summed E-state index contributed by atoms with van der Waals surface area (Å²) in [5.41, 5.74) is 0.668. The second-order valence-electron chi connectivity index (χ2n) is 3.97. The molecular formula is C13H11ClN2O4. The van der Waals surface area contributed by atoms with Crippen LogP contribution in [-0.2, 0) is 0 Å². The smallest absolute Gasteiger partial charge is 0.273 e. The van der Waals surface area contributed by atoms with Crippen LogP contribution in [-0.4, -0.2) is 17.0 Å². The van der Waals surface area contributed by atoms with Gasteiger partial charge in [0.1, 0.15) is 10.9 Å². The van der Waals surface area contributed by atoms with Gasteiger partial charge in [0.2, 0.25) is 0 Å². The summed E-state index contributed by atoms with van der Waals surface area (Å²) >= 11 is 5.81. The van der Waals surface area contributed by atoms with Crippen molar-refractivity contribution in [3.8, 4) is 17.2 Å². The van der Waals surface area contributed by atoms with Crippen molar-refractivity contribution in [2.75, 3.05) is 7.11 Å². The van der Waals surface area contributed by atoms with E-state index in [4.69, 9.17) is 21.1 Å². The molecule has 0 aliphatic carbocycles. The summed E-state index contributed by atoms with van der Waals surface area (Å²) in [5, 5.41) is 11.1. The van der Waals surface area contributed by atoms with E-state index in [1.807, 2.05) is 0 Å². The van der Waals surface area contributed by atoms with Crippen LogP contribution in [0.4, 0.5) is 5.69 Å². The summed E-state index contributed by atoms with van der Waals surface area (Å²) in [7, 11) is 1.46. The number of pyridine rings is 1. The van der Waals surface area contributed by atoms with Crippen LogP contribution in [0.1, 0.15) is 5.56 Å². The standard InChI is InChI=1S/C13H11ClN2O4/c1-8-7-15-13(14)6-11(8)20-12-5-9(16(17)18)3-4-10(12)19-2/h3-7H,1-2H3. The Morgan fingerprint density at radius 1 is 1.25 bits per heavy atom. The maximum absolute atomic E-state index is 10.8. The van der Waals surface area contributed by atoms with E-state index in [9.17, 15) is 10.1 Å². The summed E-state index contributed by atoms with van der Waals surface area (Å²) in [6, 6.07) is 5.66. The zero-order valence-corrected chi connectivity index (χ0v) is 11.5. The minimum atomic E-state index is -0.501. The zero-order valence-electron chi connectivity index (χ0n) is 10.8. The monoisotopic (exact) mass is 294 g/mol. The minimum Gasteiger partial charge on any atom is -0.493 e. The molecule has 1 heterocycles. The molecule has 0 radical (unpaired) electrons. The van der Waals surface area contributed by atoms with Crippen molar-refractivity contribution in [3.63, 3.8) is 0 Å². The average Bonchev–Trinajstić information content (AvgIpc) is 2.42. The lowest BCUT2D eigenvalue weighted by Crippen LogP contribution is -1.95. The maximum Gasteiger partial charge on any atom is 0.273 e. The van der Waals surface area contributed by atoms with Crippen molar-refractivity contribution in [2.45, 2.75) is 6.92 Å². The van der Waals surface area contributed by atoms with Gasteiger partial charge in [-0.25, -0.2) is 4.98 Å². The van der Waals surface area contributed by atoms with Gasteiger partial charge < -0.3 is 9.47 Å². The molecule has 0 spiro atoms. The third-order valence-corrected chi connectivity index (χ3v) is 2.81. The Kier molecular flexibility index (Phi) is 4.05. The van der Waals surface area contributed by atoms with Gasteiger partial charge in [0, 0.05) is 23.9 Å². The van der Waals surface area contributed by atoms with Crippen LogP contribution >= 0.6 is 11.6 Å². The molecule has 0 amide bonds. The van der Waals surface area contributed by atoms with E-state index >= 15 is 0 Å². The number of non-ortho nitro benzene ring substituents is 1. The van der Waals surface area contributed by atoms with Crippen LogP contribution in [0.5, 0.6) is 17.2 Å². The lowest BCUT2D eigenvalue weighted by atomic mass is 10.2. The first kappa shape index (κ1) is 14.1. The first-order valence-corrected chi connectivity index (χ1v) is 6.01. The van der Waals surface area contributed by atoms with Crippen molar-refractivity contribution < 1.29 is 14.4 Å². The highest BCUT2D eigenvalue weighted by molar-refractivity contribution is 6.29. The molecule has 2 rings (SSSR count). The van der Waals surface area contributed by atoms with Gasteiger partial charge in [-0.1, -0.05) is 11.6 Å². The number of halogens is 1. The molecule has 0 aliphatic rings. The van der Waals surface area contributed by atoms with Crippen molar-refractivity contribution in [1.82, 2.24) is 4.98 Å². The summed E-state index contributed by atoms with van der Waals surface area (Å²) in [6.45, 7) is 1.79. The van der Waals surface area contributed by atoms with E-state index in [0.29, 0.717) is 11.5 Å². The fraction of sp³-hybridized carbons (Fsp3) is 0.154. The van der Waals surface area contributed by atoms with Gasteiger partial charge in [-0.05, 0) is 13.0 Å². The molecule has 0 aliphatic heterocycles. The second kappa shape index (κ2) is 5.75. The highest BCUT2D eigenvalue weighted by Gasteiger charge is 2.14. The molecule has 0 fully saturated rings. The minimum absolute atomic E-state index is 0.0846. The van der Waals surface area contributed by atoms with Gasteiger partial charge in [0.25, 0.3) is 5.69 Å². The summed E-state index contributed by atoms with van der Waals surface area (Å²) < 4.78 is 10.8. The van der Waals surface area contributed by atoms with Gasteiger partial charge in [0.05, 0.1) is 18.1 Å². The molecule has 7 heteroatoms. The zero-order chi connectivity index (χ0) is 14.7. The number of nitro benzene ring substituents is 1. The predicted octanol–water partition coefficient (Wildman–Crippen LogP) is 3.75. The molecule has 20 heavy (non-hydrogen) atoms. The summed E-state index contributed by atoms with van der Waals surface area (Å²) in [4.78, 5) is 14.2. The predicted molar refractivity (Wildman–Crippen MR) is 73.7 cm³/mol. The number of aryl methyl sites for hydroxylation is 1. The number of nitro groups is 1. The van der Waals surface area contributed by atoms with Gasteiger partial charge in [-0.3, -0.25) is 10.1 Å². The molecule has 0 unspecified atom stereocenters.